The number of carbonyl (C=O) groups is 2. The van der Waals surface area contributed by atoms with Crippen molar-refractivity contribution in [2.24, 2.45) is 0 Å². The van der Waals surface area contributed by atoms with Gasteiger partial charge in [-0.2, -0.15) is 5.10 Å². The predicted molar refractivity (Wildman–Crippen MR) is 68.2 cm³/mol. The number of hydrogen-bond donors (Lipinski definition) is 1. The van der Waals surface area contributed by atoms with E-state index in [9.17, 15) is 9.59 Å². The summed E-state index contributed by atoms with van der Waals surface area (Å²) in [6.07, 6.45) is 4.47. The number of hydrogen-bond acceptors (Lipinski definition) is 5. The molecule has 0 atom stereocenters. The largest absolute Gasteiger partial charge is 0.444 e. The Morgan fingerprint density at radius 3 is 2.79 bits per heavy atom. The van der Waals surface area contributed by atoms with Gasteiger partial charge in [-0.15, -0.1) is 0 Å². The highest BCUT2D eigenvalue weighted by Gasteiger charge is 2.17. The van der Waals surface area contributed by atoms with Gasteiger partial charge in [0, 0.05) is 12.4 Å². The van der Waals surface area contributed by atoms with Crippen LogP contribution in [0.4, 0.5) is 10.5 Å². The molecule has 2 aromatic rings. The number of aldehydes is 1. The highest BCUT2D eigenvalue weighted by Crippen LogP contribution is 2.16. The van der Waals surface area contributed by atoms with Crippen molar-refractivity contribution in [2.75, 3.05) is 5.32 Å². The number of ether oxygens (including phenoxy) is 1. The number of nitrogens with zero attached hydrogens (tertiary/aromatic N) is 3. The van der Waals surface area contributed by atoms with E-state index in [2.05, 4.69) is 15.4 Å². The molecule has 1 amide bonds. The zero-order valence-corrected chi connectivity index (χ0v) is 10.9. The lowest BCUT2D eigenvalue weighted by Gasteiger charge is -2.19. The van der Waals surface area contributed by atoms with Gasteiger partial charge >= 0.3 is 6.09 Å². The Morgan fingerprint density at radius 2 is 2.16 bits per heavy atom. The zero-order chi connectivity index (χ0) is 14.0. The van der Waals surface area contributed by atoms with E-state index in [1.165, 1.54) is 23.1 Å². The fourth-order valence-corrected chi connectivity index (χ4v) is 1.45. The average molecular weight is 262 g/mol. The van der Waals surface area contributed by atoms with Crippen molar-refractivity contribution in [3.05, 3.63) is 24.2 Å². The molecule has 0 unspecified atom stereocenters. The Morgan fingerprint density at radius 1 is 1.42 bits per heavy atom. The summed E-state index contributed by atoms with van der Waals surface area (Å²) in [5, 5.41) is 6.57. The summed E-state index contributed by atoms with van der Waals surface area (Å²) < 4.78 is 6.55. The van der Waals surface area contributed by atoms with Crippen molar-refractivity contribution < 1.29 is 14.3 Å². The molecule has 0 aliphatic carbocycles. The van der Waals surface area contributed by atoms with Gasteiger partial charge in [0.2, 0.25) is 0 Å². The molecule has 0 bridgehead atoms. The van der Waals surface area contributed by atoms with E-state index >= 15 is 0 Å². The monoisotopic (exact) mass is 262 g/mol. The van der Waals surface area contributed by atoms with Gasteiger partial charge in [-0.1, -0.05) is 0 Å². The molecule has 0 aliphatic rings. The third-order valence-corrected chi connectivity index (χ3v) is 2.15. The average Bonchev–Trinajstić information content (AvgIpc) is 2.69. The minimum Gasteiger partial charge on any atom is -0.444 e. The fraction of sp³-hybridized carbons (Fsp3) is 0.333. The van der Waals surface area contributed by atoms with Gasteiger partial charge in [0.05, 0.1) is 11.8 Å². The van der Waals surface area contributed by atoms with Crippen LogP contribution in [0.2, 0.25) is 0 Å². The molecule has 0 saturated carbocycles. The van der Waals surface area contributed by atoms with E-state index in [1.807, 2.05) is 0 Å². The maximum atomic E-state index is 11.6. The first-order valence-electron chi connectivity index (χ1n) is 5.67. The van der Waals surface area contributed by atoms with E-state index < -0.39 is 11.7 Å². The first-order chi connectivity index (χ1) is 8.89. The van der Waals surface area contributed by atoms with Crippen LogP contribution in [0.25, 0.3) is 5.65 Å². The van der Waals surface area contributed by atoms with Gasteiger partial charge in [-0.05, 0) is 20.8 Å². The van der Waals surface area contributed by atoms with E-state index in [4.69, 9.17) is 4.74 Å². The third kappa shape index (κ3) is 3.06. The van der Waals surface area contributed by atoms with Crippen LogP contribution in [0.3, 0.4) is 0 Å². The molecule has 1 N–H and O–H groups in total. The SMILES string of the molecule is CC(C)(C)OC(=O)Nc1cnn2cc(C=O)cnc12. The van der Waals surface area contributed by atoms with Gasteiger partial charge in [0.25, 0.3) is 0 Å². The smallest absolute Gasteiger partial charge is 0.412 e. The third-order valence-electron chi connectivity index (χ3n) is 2.15. The minimum absolute atomic E-state index is 0.402. The highest BCUT2D eigenvalue weighted by molar-refractivity contribution is 5.89. The van der Waals surface area contributed by atoms with Crippen molar-refractivity contribution in [1.29, 1.82) is 0 Å². The molecule has 7 heteroatoms. The standard InChI is InChI=1S/C12H14N4O3/c1-12(2,3)19-11(18)15-9-5-14-16-6-8(7-17)4-13-10(9)16/h4-7H,1-3H3,(H,15,18). The van der Waals surface area contributed by atoms with E-state index in [0.717, 1.165) is 0 Å². The first kappa shape index (κ1) is 13.0. The number of fused-ring (bicyclic) bond motifs is 1. The molecule has 0 spiro atoms. The van der Waals surface area contributed by atoms with Crippen LogP contribution in [0, 0.1) is 0 Å². The lowest BCUT2D eigenvalue weighted by Crippen LogP contribution is -2.27. The molecular formula is C12H14N4O3. The molecule has 0 saturated heterocycles. The summed E-state index contributed by atoms with van der Waals surface area (Å²) in [5.41, 5.74) is 0.688. The normalized spacial score (nSPS) is 11.3. The number of anilines is 1. The molecule has 19 heavy (non-hydrogen) atoms. The Labute approximate surface area is 109 Å². The Hall–Kier alpha value is -2.44. The summed E-state index contributed by atoms with van der Waals surface area (Å²) in [5.74, 6) is 0. The second-order valence-electron chi connectivity index (χ2n) is 4.96. The maximum absolute atomic E-state index is 11.6. The molecule has 7 nitrogen and oxygen atoms in total. The summed E-state index contributed by atoms with van der Waals surface area (Å²) in [6.45, 7) is 5.33. The molecule has 2 rings (SSSR count). The van der Waals surface area contributed by atoms with Crippen LogP contribution in [0.1, 0.15) is 31.1 Å². The number of amides is 1. The Kier molecular flexibility index (Phi) is 3.20. The topological polar surface area (TPSA) is 85.6 Å². The second kappa shape index (κ2) is 4.68. The van der Waals surface area contributed by atoms with Gasteiger partial charge in [-0.3, -0.25) is 10.1 Å². The molecule has 2 heterocycles. The lowest BCUT2D eigenvalue weighted by molar-refractivity contribution is 0.0636. The van der Waals surface area contributed by atoms with Gasteiger partial charge in [0.1, 0.15) is 11.3 Å². The molecule has 100 valence electrons. The summed E-state index contributed by atoms with van der Waals surface area (Å²) in [6, 6.07) is 0. The number of rotatable bonds is 2. The van der Waals surface area contributed by atoms with Crippen LogP contribution in [-0.2, 0) is 4.74 Å². The quantitative estimate of drug-likeness (QED) is 0.835. The van der Waals surface area contributed by atoms with Crippen LogP contribution in [0.5, 0.6) is 0 Å². The van der Waals surface area contributed by atoms with E-state index in [1.54, 1.807) is 20.8 Å². The fourth-order valence-electron chi connectivity index (χ4n) is 1.45. The van der Waals surface area contributed by atoms with E-state index in [0.29, 0.717) is 23.2 Å². The van der Waals surface area contributed by atoms with Crippen molar-refractivity contribution in [3.8, 4) is 0 Å². The van der Waals surface area contributed by atoms with E-state index in [-0.39, 0.29) is 0 Å². The molecule has 0 aromatic carbocycles. The second-order valence-corrected chi connectivity index (χ2v) is 4.96. The van der Waals surface area contributed by atoms with Crippen molar-refractivity contribution in [1.82, 2.24) is 14.6 Å². The molecule has 0 radical (unpaired) electrons. The van der Waals surface area contributed by atoms with Crippen molar-refractivity contribution in [2.45, 2.75) is 26.4 Å². The summed E-state index contributed by atoms with van der Waals surface area (Å²) in [4.78, 5) is 26.3. The van der Waals surface area contributed by atoms with Gasteiger partial charge < -0.3 is 4.74 Å². The van der Waals surface area contributed by atoms with Crippen LogP contribution >= 0.6 is 0 Å². The molecule has 0 fully saturated rings. The first-order valence-corrected chi connectivity index (χ1v) is 5.67. The Balaban J connectivity index is 2.22. The minimum atomic E-state index is -0.580. The molecule has 0 aliphatic heterocycles. The number of nitrogens with one attached hydrogen (secondary N) is 1. The van der Waals surface area contributed by atoms with Crippen molar-refractivity contribution in [3.63, 3.8) is 0 Å². The van der Waals surface area contributed by atoms with Crippen LogP contribution in [-0.4, -0.2) is 32.6 Å². The van der Waals surface area contributed by atoms with Crippen LogP contribution < -0.4 is 5.32 Å². The predicted octanol–water partition coefficient (Wildman–Crippen LogP) is 1.89. The van der Waals surface area contributed by atoms with Gasteiger partial charge in [0.15, 0.2) is 11.9 Å². The molecule has 2 aromatic heterocycles. The molecular weight excluding hydrogens is 248 g/mol. The number of carbonyl (C=O) groups excluding carboxylic acids is 2. The maximum Gasteiger partial charge on any atom is 0.412 e. The number of aromatic nitrogens is 3. The zero-order valence-electron chi connectivity index (χ0n) is 10.9. The summed E-state index contributed by atoms with van der Waals surface area (Å²) >= 11 is 0. The van der Waals surface area contributed by atoms with Gasteiger partial charge in [-0.25, -0.2) is 14.3 Å². The lowest BCUT2D eigenvalue weighted by atomic mass is 10.2. The van der Waals surface area contributed by atoms with Crippen molar-refractivity contribution >= 4 is 23.7 Å². The van der Waals surface area contributed by atoms with Crippen LogP contribution in [0.15, 0.2) is 18.6 Å². The highest BCUT2D eigenvalue weighted by atomic mass is 16.6. The Bertz CT molecular complexity index is 627. The summed E-state index contributed by atoms with van der Waals surface area (Å²) in [7, 11) is 0.